The Bertz CT molecular complexity index is 563. The topological polar surface area (TPSA) is 35.5 Å². The highest BCUT2D eigenvalue weighted by atomic mass is 79.9. The van der Waals surface area contributed by atoms with Gasteiger partial charge in [0.25, 0.3) is 0 Å². The molecular formula is C14H16Br3F3N2O. The maximum Gasteiger partial charge on any atom is 0.389 e. The molecule has 0 bridgehead atoms. The summed E-state index contributed by atoms with van der Waals surface area (Å²) < 4.78 is 39.8. The van der Waals surface area contributed by atoms with Crippen molar-refractivity contribution >= 4 is 47.8 Å². The van der Waals surface area contributed by atoms with E-state index >= 15 is 0 Å². The summed E-state index contributed by atoms with van der Waals surface area (Å²) in [7, 11) is 0. The van der Waals surface area contributed by atoms with Crippen LogP contribution in [-0.2, 0) is 0 Å². The Morgan fingerprint density at radius 1 is 1.17 bits per heavy atom. The molecule has 3 nitrogen and oxygen atoms in total. The zero-order valence-electron chi connectivity index (χ0n) is 12.1. The molecule has 23 heavy (non-hydrogen) atoms. The van der Waals surface area contributed by atoms with Crippen molar-refractivity contribution in [2.75, 3.05) is 26.2 Å². The summed E-state index contributed by atoms with van der Waals surface area (Å²) in [6.07, 6.45) is -5.12. The molecule has 0 unspecified atom stereocenters. The van der Waals surface area contributed by atoms with E-state index in [0.29, 0.717) is 32.1 Å². The lowest BCUT2D eigenvalue weighted by Gasteiger charge is -2.36. The van der Waals surface area contributed by atoms with Crippen LogP contribution in [0.2, 0.25) is 0 Å². The number of halogens is 6. The van der Waals surface area contributed by atoms with E-state index in [1.807, 2.05) is 4.90 Å². The minimum absolute atomic E-state index is 0.00431. The summed E-state index contributed by atoms with van der Waals surface area (Å²) in [5.74, 6) is -0.00431. The highest BCUT2D eigenvalue weighted by Gasteiger charge is 2.33. The number of phenolic OH excluding ortho intramolecular Hbond substituents is 1. The smallest absolute Gasteiger partial charge is 0.389 e. The maximum absolute atomic E-state index is 12.7. The highest BCUT2D eigenvalue weighted by molar-refractivity contribution is 9.11. The lowest BCUT2D eigenvalue weighted by Crippen LogP contribution is -2.45. The molecule has 1 aromatic carbocycles. The molecule has 9 heteroatoms. The lowest BCUT2D eigenvalue weighted by atomic mass is 9.99. The van der Waals surface area contributed by atoms with Crippen molar-refractivity contribution in [1.29, 1.82) is 0 Å². The first-order valence-corrected chi connectivity index (χ1v) is 9.46. The molecule has 130 valence electrons. The van der Waals surface area contributed by atoms with Gasteiger partial charge in [-0.2, -0.15) is 13.2 Å². The van der Waals surface area contributed by atoms with Crippen molar-refractivity contribution in [2.45, 2.75) is 25.1 Å². The molecule has 0 saturated carbocycles. The second-order valence-corrected chi connectivity index (χ2v) is 7.87. The van der Waals surface area contributed by atoms with Gasteiger partial charge in [0.15, 0.2) is 0 Å². The van der Waals surface area contributed by atoms with Gasteiger partial charge in [-0.15, -0.1) is 0 Å². The van der Waals surface area contributed by atoms with Crippen LogP contribution in [0.3, 0.4) is 0 Å². The Morgan fingerprint density at radius 3 is 2.35 bits per heavy atom. The van der Waals surface area contributed by atoms with Crippen molar-refractivity contribution in [3.8, 4) is 5.75 Å². The molecule has 2 rings (SSSR count). The van der Waals surface area contributed by atoms with Gasteiger partial charge in [-0.25, -0.2) is 0 Å². The minimum atomic E-state index is -4.21. The van der Waals surface area contributed by atoms with E-state index in [0.717, 1.165) is 13.1 Å². The first-order valence-electron chi connectivity index (χ1n) is 7.08. The molecule has 0 radical (unpaired) electrons. The molecule has 1 aliphatic rings. The predicted octanol–water partition coefficient (Wildman–Crippen LogP) is 4.97. The number of aromatic hydroxyl groups is 1. The molecule has 0 spiro atoms. The number of alkyl halides is 3. The van der Waals surface area contributed by atoms with Crippen molar-refractivity contribution in [3.63, 3.8) is 0 Å². The number of nitrogens with one attached hydrogen (secondary N) is 1. The molecular weight excluding hydrogens is 509 g/mol. The molecule has 1 saturated heterocycles. The molecule has 1 aliphatic heterocycles. The first kappa shape index (κ1) is 19.5. The third-order valence-corrected chi connectivity index (χ3v) is 5.87. The molecule has 1 aromatic rings. The molecule has 0 aromatic heterocycles. The van der Waals surface area contributed by atoms with Gasteiger partial charge in [-0.1, -0.05) is 15.9 Å². The van der Waals surface area contributed by atoms with Crippen LogP contribution in [0.25, 0.3) is 0 Å². The number of phenols is 1. The van der Waals surface area contributed by atoms with Gasteiger partial charge in [0.2, 0.25) is 0 Å². The molecule has 1 fully saturated rings. The third-order valence-electron chi connectivity index (χ3n) is 3.81. The Hall–Kier alpha value is 0.170. The van der Waals surface area contributed by atoms with Gasteiger partial charge in [-0.3, -0.25) is 4.90 Å². The fourth-order valence-corrected chi connectivity index (χ4v) is 5.35. The SMILES string of the molecule is Oc1c(Br)cc(Br)c([C@@H](CCC(F)(F)F)N2CCNCC2)c1Br. The normalized spacial score (nSPS) is 18.2. The highest BCUT2D eigenvalue weighted by Crippen LogP contribution is 2.45. The summed E-state index contributed by atoms with van der Waals surface area (Å²) in [4.78, 5) is 2.03. The first-order chi connectivity index (χ1) is 10.7. The number of hydrogen-bond donors (Lipinski definition) is 2. The average molecular weight is 525 g/mol. The largest absolute Gasteiger partial charge is 0.506 e. The van der Waals surface area contributed by atoms with Gasteiger partial charge in [-0.05, 0) is 44.3 Å². The van der Waals surface area contributed by atoms with E-state index in [1.54, 1.807) is 6.07 Å². The predicted molar refractivity (Wildman–Crippen MR) is 93.7 cm³/mol. The van der Waals surface area contributed by atoms with Crippen molar-refractivity contribution in [1.82, 2.24) is 10.2 Å². The summed E-state index contributed by atoms with van der Waals surface area (Å²) in [6, 6.07) is 1.24. The third kappa shape index (κ3) is 5.07. The Kier molecular flexibility index (Phi) is 6.81. The quantitative estimate of drug-likeness (QED) is 0.584. The van der Waals surface area contributed by atoms with E-state index in [9.17, 15) is 18.3 Å². The van der Waals surface area contributed by atoms with E-state index in [1.165, 1.54) is 0 Å². The van der Waals surface area contributed by atoms with Crippen LogP contribution in [0.5, 0.6) is 5.75 Å². The Morgan fingerprint density at radius 2 is 1.78 bits per heavy atom. The van der Waals surface area contributed by atoms with Crippen molar-refractivity contribution in [3.05, 3.63) is 25.0 Å². The summed E-state index contributed by atoms with van der Waals surface area (Å²) in [5.41, 5.74) is 0.650. The van der Waals surface area contributed by atoms with Crippen LogP contribution in [0.15, 0.2) is 19.5 Å². The van der Waals surface area contributed by atoms with Gasteiger partial charge < -0.3 is 10.4 Å². The van der Waals surface area contributed by atoms with Gasteiger partial charge in [0.1, 0.15) is 5.75 Å². The zero-order valence-corrected chi connectivity index (χ0v) is 16.8. The number of piperazine rings is 1. The van der Waals surface area contributed by atoms with E-state index in [4.69, 9.17) is 0 Å². The van der Waals surface area contributed by atoms with Gasteiger partial charge in [0.05, 0.1) is 8.95 Å². The van der Waals surface area contributed by atoms with Crippen LogP contribution in [0, 0.1) is 0 Å². The van der Waals surface area contributed by atoms with Gasteiger partial charge >= 0.3 is 6.18 Å². The summed E-state index contributed by atoms with van der Waals surface area (Å²) in [6.45, 7) is 2.80. The number of nitrogens with zero attached hydrogens (tertiary/aromatic N) is 1. The van der Waals surface area contributed by atoms with Crippen LogP contribution in [0.4, 0.5) is 13.2 Å². The summed E-state index contributed by atoms with van der Waals surface area (Å²) in [5, 5.41) is 13.3. The second kappa shape index (κ2) is 8.03. The molecule has 1 heterocycles. The minimum Gasteiger partial charge on any atom is -0.506 e. The van der Waals surface area contributed by atoms with Crippen LogP contribution in [0.1, 0.15) is 24.4 Å². The molecule has 2 N–H and O–H groups in total. The number of hydrogen-bond acceptors (Lipinski definition) is 3. The second-order valence-electron chi connectivity index (χ2n) is 5.37. The standard InChI is InChI=1S/C14H16Br3F3N2O/c15-8-7-9(16)13(23)12(17)11(8)10(1-2-14(18,19)20)22-5-3-21-4-6-22/h7,10,21,23H,1-6H2/t10-/m1/s1. The maximum atomic E-state index is 12.7. The Balaban J connectivity index is 2.38. The zero-order chi connectivity index (χ0) is 17.2. The lowest BCUT2D eigenvalue weighted by molar-refractivity contribution is -0.138. The number of benzene rings is 1. The number of rotatable bonds is 4. The van der Waals surface area contributed by atoms with Crippen molar-refractivity contribution < 1.29 is 18.3 Å². The fraction of sp³-hybridized carbons (Fsp3) is 0.571. The van der Waals surface area contributed by atoms with Crippen LogP contribution >= 0.6 is 47.8 Å². The van der Waals surface area contributed by atoms with E-state index in [-0.39, 0.29) is 12.2 Å². The van der Waals surface area contributed by atoms with Crippen LogP contribution in [-0.4, -0.2) is 42.4 Å². The van der Waals surface area contributed by atoms with Crippen LogP contribution < -0.4 is 5.32 Å². The van der Waals surface area contributed by atoms with Crippen molar-refractivity contribution in [2.24, 2.45) is 0 Å². The summed E-state index contributed by atoms with van der Waals surface area (Å²) >= 11 is 9.99. The van der Waals surface area contributed by atoms with E-state index in [2.05, 4.69) is 53.1 Å². The fourth-order valence-electron chi connectivity index (χ4n) is 2.70. The monoisotopic (exact) mass is 522 g/mol. The van der Waals surface area contributed by atoms with Gasteiger partial charge in [0, 0.05) is 48.7 Å². The average Bonchev–Trinajstić information content (AvgIpc) is 2.48. The van der Waals surface area contributed by atoms with E-state index < -0.39 is 18.6 Å². The molecule has 1 atom stereocenters. The molecule has 0 amide bonds. The Labute approximate surface area is 158 Å². The molecule has 0 aliphatic carbocycles.